The van der Waals surface area contributed by atoms with Gasteiger partial charge in [0, 0.05) is 49.6 Å². The fraction of sp³-hybridized carbons (Fsp3) is 0.312. The number of halogens is 2. The molecule has 2 atom stereocenters. The lowest BCUT2D eigenvalue weighted by molar-refractivity contribution is -0.119. The first-order valence-corrected chi connectivity index (χ1v) is 15.4. The van der Waals surface area contributed by atoms with Gasteiger partial charge in [-0.15, -0.1) is 0 Å². The molecule has 3 aromatic carbocycles. The highest BCUT2D eigenvalue weighted by molar-refractivity contribution is 7.89. The van der Waals surface area contributed by atoms with Gasteiger partial charge in [0.05, 0.1) is 11.4 Å². The van der Waals surface area contributed by atoms with Crippen molar-refractivity contribution in [2.75, 3.05) is 4.90 Å². The lowest BCUT2D eigenvalue weighted by atomic mass is 9.85. The predicted octanol–water partition coefficient (Wildman–Crippen LogP) is 6.36. The molecular formula is C32H34F2N4O3S. The number of anilines is 1. The van der Waals surface area contributed by atoms with Gasteiger partial charge in [0.25, 0.3) is 5.92 Å². The second-order valence-corrected chi connectivity index (χ2v) is 12.7. The number of fused-ring (bicyclic) bond motifs is 1. The zero-order valence-electron chi connectivity index (χ0n) is 23.8. The molecule has 1 heterocycles. The average Bonchev–Trinajstić information content (AvgIpc) is 3.37. The summed E-state index contributed by atoms with van der Waals surface area (Å²) in [5.74, 6) is -2.79. The van der Waals surface area contributed by atoms with Gasteiger partial charge in [0.15, 0.2) is 0 Å². The SMILES string of the molecule is Cc1ccc(S(=O)(=O)N[C@@H]2CCC(F)(F)c3ccc(N(Cc4nccn4C)C(=O)C[C@@H](C)c4ccccc4)cc32)cc1. The summed E-state index contributed by atoms with van der Waals surface area (Å²) in [6.07, 6.45) is 3.00. The number of rotatable bonds is 9. The number of hydrogen-bond acceptors (Lipinski definition) is 4. The molecule has 1 N–H and O–H groups in total. The fourth-order valence-corrected chi connectivity index (χ4v) is 6.59. The van der Waals surface area contributed by atoms with E-state index in [-0.39, 0.29) is 47.2 Å². The van der Waals surface area contributed by atoms with E-state index in [4.69, 9.17) is 0 Å². The van der Waals surface area contributed by atoms with Crippen LogP contribution in [0.5, 0.6) is 0 Å². The highest BCUT2D eigenvalue weighted by Crippen LogP contribution is 2.46. The second kappa shape index (κ2) is 11.8. The van der Waals surface area contributed by atoms with Crippen LogP contribution in [-0.4, -0.2) is 23.9 Å². The van der Waals surface area contributed by atoms with Gasteiger partial charge >= 0.3 is 0 Å². The number of benzene rings is 3. The Labute approximate surface area is 245 Å². The number of sulfonamides is 1. The topological polar surface area (TPSA) is 84.3 Å². The maximum absolute atomic E-state index is 15.1. The van der Waals surface area contributed by atoms with Crippen LogP contribution in [0.3, 0.4) is 0 Å². The molecule has 0 saturated heterocycles. The Morgan fingerprint density at radius 1 is 1.12 bits per heavy atom. The van der Waals surface area contributed by atoms with E-state index < -0.39 is 28.4 Å². The summed E-state index contributed by atoms with van der Waals surface area (Å²) < 4.78 is 61.1. The Kier molecular flexibility index (Phi) is 8.30. The Bertz CT molecular complexity index is 1670. The van der Waals surface area contributed by atoms with Crippen molar-refractivity contribution in [1.29, 1.82) is 0 Å². The fourth-order valence-electron chi connectivity index (χ4n) is 5.34. The molecule has 4 aromatic rings. The van der Waals surface area contributed by atoms with Crippen LogP contribution < -0.4 is 9.62 Å². The molecule has 0 aliphatic heterocycles. The van der Waals surface area contributed by atoms with E-state index in [9.17, 15) is 13.2 Å². The Morgan fingerprint density at radius 2 is 1.83 bits per heavy atom. The third kappa shape index (κ3) is 6.29. The zero-order chi connectivity index (χ0) is 30.1. The van der Waals surface area contributed by atoms with Crippen molar-refractivity contribution >= 4 is 21.6 Å². The number of hydrogen-bond donors (Lipinski definition) is 1. The lowest BCUT2D eigenvalue weighted by Crippen LogP contribution is -2.36. The Hall–Kier alpha value is -3.89. The van der Waals surface area contributed by atoms with Crippen LogP contribution in [0.25, 0.3) is 0 Å². The molecule has 0 radical (unpaired) electrons. The molecule has 0 spiro atoms. The number of carbonyl (C=O) groups is 1. The summed E-state index contributed by atoms with van der Waals surface area (Å²) in [7, 11) is -2.17. The number of nitrogens with zero attached hydrogens (tertiary/aromatic N) is 3. The molecule has 42 heavy (non-hydrogen) atoms. The molecule has 1 aliphatic rings. The molecule has 1 aliphatic carbocycles. The van der Waals surface area contributed by atoms with Crippen molar-refractivity contribution in [3.63, 3.8) is 0 Å². The Balaban J connectivity index is 1.51. The van der Waals surface area contributed by atoms with E-state index in [1.807, 2.05) is 51.2 Å². The summed E-state index contributed by atoms with van der Waals surface area (Å²) in [4.78, 5) is 19.8. The molecule has 0 bridgehead atoms. The minimum atomic E-state index is -3.99. The van der Waals surface area contributed by atoms with Gasteiger partial charge in [0.1, 0.15) is 5.82 Å². The van der Waals surface area contributed by atoms with Crippen LogP contribution in [0.1, 0.15) is 66.2 Å². The first kappa shape index (κ1) is 29.6. The van der Waals surface area contributed by atoms with Crippen LogP contribution in [-0.2, 0) is 34.3 Å². The summed E-state index contributed by atoms with van der Waals surface area (Å²) >= 11 is 0. The van der Waals surface area contributed by atoms with Crippen LogP contribution in [0.2, 0.25) is 0 Å². The summed E-state index contributed by atoms with van der Waals surface area (Å²) in [5.41, 5.74) is 2.24. The predicted molar refractivity (Wildman–Crippen MR) is 158 cm³/mol. The molecule has 0 fully saturated rings. The minimum Gasteiger partial charge on any atom is -0.337 e. The number of aromatic nitrogens is 2. The number of amides is 1. The first-order chi connectivity index (χ1) is 19.9. The van der Waals surface area contributed by atoms with Crippen LogP contribution >= 0.6 is 0 Å². The summed E-state index contributed by atoms with van der Waals surface area (Å²) in [6, 6.07) is 19.5. The molecule has 220 valence electrons. The van der Waals surface area contributed by atoms with Gasteiger partial charge in [-0.1, -0.05) is 61.0 Å². The third-order valence-corrected chi connectivity index (χ3v) is 9.35. The zero-order valence-corrected chi connectivity index (χ0v) is 24.6. The maximum Gasteiger partial charge on any atom is 0.273 e. The smallest absolute Gasteiger partial charge is 0.273 e. The van der Waals surface area contributed by atoms with Crippen LogP contribution in [0.4, 0.5) is 14.5 Å². The number of carbonyl (C=O) groups excluding carboxylic acids is 1. The Morgan fingerprint density at radius 3 is 2.50 bits per heavy atom. The molecule has 1 aromatic heterocycles. The second-order valence-electron chi connectivity index (χ2n) is 11.0. The van der Waals surface area contributed by atoms with E-state index in [0.717, 1.165) is 11.1 Å². The molecular weight excluding hydrogens is 558 g/mol. The van der Waals surface area contributed by atoms with E-state index in [1.165, 1.54) is 30.3 Å². The molecule has 0 saturated carbocycles. The maximum atomic E-state index is 15.1. The normalized spacial score (nSPS) is 16.9. The summed E-state index contributed by atoms with van der Waals surface area (Å²) in [6.45, 7) is 3.94. The van der Waals surface area contributed by atoms with E-state index in [1.54, 1.807) is 34.0 Å². The molecule has 1 amide bonds. The minimum absolute atomic E-state index is 0.0598. The quantitative estimate of drug-likeness (QED) is 0.245. The summed E-state index contributed by atoms with van der Waals surface area (Å²) in [5, 5.41) is 0. The van der Waals surface area contributed by atoms with Crippen molar-refractivity contribution in [3.8, 4) is 0 Å². The molecule has 0 unspecified atom stereocenters. The largest absolute Gasteiger partial charge is 0.337 e. The van der Waals surface area contributed by atoms with Crippen LogP contribution in [0.15, 0.2) is 90.1 Å². The molecule has 5 rings (SSSR count). The monoisotopic (exact) mass is 592 g/mol. The first-order valence-electron chi connectivity index (χ1n) is 13.9. The van der Waals surface area contributed by atoms with Crippen molar-refractivity contribution in [1.82, 2.24) is 14.3 Å². The van der Waals surface area contributed by atoms with Gasteiger partial charge < -0.3 is 9.47 Å². The van der Waals surface area contributed by atoms with Gasteiger partial charge in [-0.3, -0.25) is 4.79 Å². The van der Waals surface area contributed by atoms with E-state index in [0.29, 0.717) is 11.5 Å². The van der Waals surface area contributed by atoms with Crippen molar-refractivity contribution in [2.45, 2.75) is 62.4 Å². The molecule has 10 heteroatoms. The van der Waals surface area contributed by atoms with Gasteiger partial charge in [-0.25, -0.2) is 26.9 Å². The van der Waals surface area contributed by atoms with Gasteiger partial charge in [-0.2, -0.15) is 0 Å². The van der Waals surface area contributed by atoms with Crippen molar-refractivity contribution < 1.29 is 22.0 Å². The van der Waals surface area contributed by atoms with Crippen molar-refractivity contribution in [3.05, 3.63) is 113 Å². The van der Waals surface area contributed by atoms with Gasteiger partial charge in [-0.05, 0) is 54.7 Å². The molecule has 7 nitrogen and oxygen atoms in total. The van der Waals surface area contributed by atoms with E-state index >= 15 is 8.78 Å². The highest BCUT2D eigenvalue weighted by Gasteiger charge is 2.42. The number of imidazole rings is 1. The highest BCUT2D eigenvalue weighted by atomic mass is 32.2. The standard InChI is InChI=1S/C32H34F2N4O3S/c1-22-9-12-26(13-10-22)42(40,41)36-29-15-16-32(33,34)28-14-11-25(20-27(28)29)38(21-30-35-17-18-37(30)3)31(39)19-23(2)24-7-5-4-6-8-24/h4-14,17-18,20,23,29,36H,15-16,19,21H2,1-3H3/t23-,29-/m1/s1. The number of aryl methyl sites for hydroxylation is 2. The average molecular weight is 593 g/mol. The van der Waals surface area contributed by atoms with Crippen LogP contribution in [0, 0.1) is 6.92 Å². The third-order valence-electron chi connectivity index (χ3n) is 7.86. The van der Waals surface area contributed by atoms with Gasteiger partial charge in [0.2, 0.25) is 15.9 Å². The number of alkyl halides is 2. The lowest BCUT2D eigenvalue weighted by Gasteiger charge is -2.33. The van der Waals surface area contributed by atoms with Crippen molar-refractivity contribution in [2.24, 2.45) is 7.05 Å². The van der Waals surface area contributed by atoms with E-state index in [2.05, 4.69) is 9.71 Å². The number of nitrogens with one attached hydrogen (secondary N) is 1.